The third-order valence-electron chi connectivity index (χ3n) is 14.4. The smallest absolute Gasteiger partial charge is 0.160 e. The predicted molar refractivity (Wildman–Crippen MR) is 292 cm³/mol. The van der Waals surface area contributed by atoms with Crippen LogP contribution in [0.25, 0.3) is 62.3 Å². The molecule has 0 bridgehead atoms. The summed E-state index contributed by atoms with van der Waals surface area (Å²) in [6.45, 7) is 11.4. The highest BCUT2D eigenvalue weighted by Crippen LogP contribution is 2.38. The molecular formula is C66H55N3. The topological polar surface area (TPSA) is 38.1 Å². The van der Waals surface area contributed by atoms with Crippen molar-refractivity contribution < 1.29 is 0 Å². The number of aryl methyl sites for hydroxylation is 2. The van der Waals surface area contributed by atoms with Gasteiger partial charge in [0, 0.05) is 39.0 Å². The molecular weight excluding hydrogens is 835 g/mol. The van der Waals surface area contributed by atoms with Crippen LogP contribution < -0.4 is 0 Å². The van der Waals surface area contributed by atoms with Crippen LogP contribution in [-0.2, 0) is 24.7 Å². The highest BCUT2D eigenvalue weighted by atomic mass is 14.9. The lowest BCUT2D eigenvalue weighted by atomic mass is 9.77. The Labute approximate surface area is 407 Å². The molecule has 8 aromatic rings. The number of aliphatic imine (C=N–C) groups is 1. The van der Waals surface area contributed by atoms with Crippen LogP contribution in [0.2, 0.25) is 0 Å². The molecule has 0 atom stereocenters. The second-order valence-corrected chi connectivity index (χ2v) is 19.0. The maximum Gasteiger partial charge on any atom is 0.160 e. The van der Waals surface area contributed by atoms with Gasteiger partial charge < -0.3 is 0 Å². The Bertz CT molecular complexity index is 3490. The van der Waals surface area contributed by atoms with E-state index in [4.69, 9.17) is 15.0 Å². The summed E-state index contributed by atoms with van der Waals surface area (Å²) in [5, 5.41) is 2.39. The van der Waals surface area contributed by atoms with Gasteiger partial charge in [0.2, 0.25) is 0 Å². The molecule has 7 aromatic carbocycles. The zero-order chi connectivity index (χ0) is 46.9. The largest absolute Gasteiger partial charge is 0.252 e. The minimum Gasteiger partial charge on any atom is -0.252 e. The fourth-order valence-electron chi connectivity index (χ4n) is 10.4. The monoisotopic (exact) mass is 889 g/mol. The van der Waals surface area contributed by atoms with Crippen LogP contribution in [0.4, 0.5) is 0 Å². The van der Waals surface area contributed by atoms with E-state index in [-0.39, 0.29) is 5.41 Å². The van der Waals surface area contributed by atoms with Gasteiger partial charge in [0.1, 0.15) is 0 Å². The molecule has 0 saturated carbocycles. The number of fused-ring (bicyclic) bond motifs is 4. The van der Waals surface area contributed by atoms with Crippen LogP contribution in [0.15, 0.2) is 206 Å². The Hall–Kier alpha value is -8.01. The summed E-state index contributed by atoms with van der Waals surface area (Å²) >= 11 is 0. The van der Waals surface area contributed by atoms with E-state index >= 15 is 0 Å². The molecule has 3 heteroatoms. The number of benzene rings is 7. The molecule has 1 aromatic heterocycles. The molecule has 0 saturated heterocycles. The van der Waals surface area contributed by atoms with Crippen molar-refractivity contribution >= 4 is 45.5 Å². The molecule has 0 N–H and O–H groups in total. The van der Waals surface area contributed by atoms with Crippen molar-refractivity contribution in [3.63, 3.8) is 0 Å². The molecule has 0 radical (unpaired) electrons. The van der Waals surface area contributed by atoms with Gasteiger partial charge >= 0.3 is 0 Å². The number of hydrogen-bond donors (Lipinski definition) is 0. The summed E-state index contributed by atoms with van der Waals surface area (Å²) in [5.41, 5.74) is 21.1. The van der Waals surface area contributed by atoms with Gasteiger partial charge in [-0.15, -0.1) is 0 Å². The van der Waals surface area contributed by atoms with Crippen LogP contribution in [-0.4, -0.2) is 15.7 Å². The summed E-state index contributed by atoms with van der Waals surface area (Å²) in [6.07, 6.45) is 22.6. The van der Waals surface area contributed by atoms with Gasteiger partial charge in [0.05, 0.1) is 17.1 Å². The van der Waals surface area contributed by atoms with Crippen LogP contribution in [0.3, 0.4) is 0 Å². The van der Waals surface area contributed by atoms with Crippen molar-refractivity contribution in [2.75, 3.05) is 0 Å². The third kappa shape index (κ3) is 8.62. The first kappa shape index (κ1) is 43.6. The summed E-state index contributed by atoms with van der Waals surface area (Å²) in [4.78, 5) is 16.1. The molecule has 3 aliphatic carbocycles. The highest BCUT2D eigenvalue weighted by Gasteiger charge is 2.25. The first-order valence-electron chi connectivity index (χ1n) is 24.4. The van der Waals surface area contributed by atoms with E-state index in [1.165, 1.54) is 55.3 Å². The molecule has 0 fully saturated rings. The lowest BCUT2D eigenvalue weighted by molar-refractivity contribution is 0.641. The molecule has 1 heterocycles. The molecule has 0 aliphatic heterocycles. The van der Waals surface area contributed by atoms with Crippen molar-refractivity contribution in [3.8, 4) is 22.5 Å². The van der Waals surface area contributed by atoms with Gasteiger partial charge in [-0.3, -0.25) is 4.99 Å². The number of rotatable bonds is 10. The zero-order valence-electron chi connectivity index (χ0n) is 39.7. The van der Waals surface area contributed by atoms with Crippen molar-refractivity contribution in [1.82, 2.24) is 9.97 Å². The van der Waals surface area contributed by atoms with Gasteiger partial charge in [-0.2, -0.15) is 0 Å². The summed E-state index contributed by atoms with van der Waals surface area (Å²) in [6, 6.07) is 57.0. The Morgan fingerprint density at radius 2 is 1.33 bits per heavy atom. The normalized spacial score (nSPS) is 14.4. The number of aromatic nitrogens is 2. The first-order valence-corrected chi connectivity index (χ1v) is 24.4. The summed E-state index contributed by atoms with van der Waals surface area (Å²) < 4.78 is 0. The maximum atomic E-state index is 5.41. The molecule has 0 spiro atoms. The van der Waals surface area contributed by atoms with E-state index in [2.05, 4.69) is 234 Å². The van der Waals surface area contributed by atoms with Gasteiger partial charge in [0.15, 0.2) is 5.82 Å². The number of hydrogen-bond acceptors (Lipinski definition) is 3. The van der Waals surface area contributed by atoms with Crippen LogP contribution in [0, 0.1) is 0 Å². The average Bonchev–Trinajstić information content (AvgIpc) is 3.66. The number of allylic oxidation sites excluding steroid dienone is 7. The molecule has 3 nitrogen and oxygen atoms in total. The van der Waals surface area contributed by atoms with Gasteiger partial charge in [-0.05, 0) is 118 Å². The quantitative estimate of drug-likeness (QED) is 0.101. The molecule has 334 valence electrons. The number of nitrogens with zero attached hydrogens (tertiary/aromatic N) is 3. The van der Waals surface area contributed by atoms with Crippen molar-refractivity contribution in [3.05, 3.63) is 268 Å². The molecule has 0 unspecified atom stereocenters. The zero-order valence-corrected chi connectivity index (χ0v) is 39.7. The Morgan fingerprint density at radius 1 is 0.638 bits per heavy atom. The first-order chi connectivity index (χ1) is 33.8. The van der Waals surface area contributed by atoms with E-state index in [9.17, 15) is 0 Å². The van der Waals surface area contributed by atoms with E-state index in [1.807, 2.05) is 0 Å². The molecule has 69 heavy (non-hydrogen) atoms. The van der Waals surface area contributed by atoms with E-state index < -0.39 is 0 Å². The second-order valence-electron chi connectivity index (χ2n) is 19.0. The summed E-state index contributed by atoms with van der Waals surface area (Å²) in [5.74, 6) is 0.769. The highest BCUT2D eigenvalue weighted by molar-refractivity contribution is 6.11. The molecule has 3 aliphatic rings. The van der Waals surface area contributed by atoms with Gasteiger partial charge in [-0.25, -0.2) is 9.97 Å². The van der Waals surface area contributed by atoms with Crippen molar-refractivity contribution in [2.45, 2.75) is 58.3 Å². The fraction of sp³-hybridized carbons (Fsp3) is 0.136. The fourth-order valence-corrected chi connectivity index (χ4v) is 10.4. The van der Waals surface area contributed by atoms with Gasteiger partial charge in [-0.1, -0.05) is 215 Å². The maximum absolute atomic E-state index is 5.41. The standard InChI is InChI=1S/C66H55N3/c1-44(54-30-14-22-46-19-8-11-27-56(46)54)42-62(67-45(2)55-31-15-23-47-20-9-12-28-57(47)55)50-34-38-52(39-35-50)66(3,4)53-40-36-51(37-41-53)63-43-64(60-32-16-24-48-18-6-5-7-26-58(48)60)69-65(68-63)61-33-17-25-49-21-10-13-29-59(49)61/h5-7,9-16,18,20-24,27-43H,1,8,17,19,25-26H2,2-4H3/b62-42-,67-45?. The van der Waals surface area contributed by atoms with Crippen LogP contribution >= 0.6 is 0 Å². The predicted octanol–water partition coefficient (Wildman–Crippen LogP) is 16.3. The SMILES string of the molecule is C=C(/C=C(\N=C(C)c1cccc2ccccc12)c1ccc(C(C)(C)c2ccc(-c3cc(-c4cccc5c4CC=CC=C5)nc(C4=CCCc5ccccc54)n3)cc2)cc1)c1cccc2c1C=CCC2. The van der Waals surface area contributed by atoms with Crippen molar-refractivity contribution in [1.29, 1.82) is 0 Å². The van der Waals surface area contributed by atoms with E-state index in [0.29, 0.717) is 0 Å². The average molecular weight is 890 g/mol. The minimum atomic E-state index is -0.288. The minimum absolute atomic E-state index is 0.288. The Balaban J connectivity index is 0.939. The van der Waals surface area contributed by atoms with E-state index in [0.717, 1.165) is 99.7 Å². The summed E-state index contributed by atoms with van der Waals surface area (Å²) in [7, 11) is 0. The molecule has 0 amide bonds. The lowest BCUT2D eigenvalue weighted by Gasteiger charge is -2.27. The lowest BCUT2D eigenvalue weighted by Crippen LogP contribution is -2.18. The molecule has 11 rings (SSSR count). The van der Waals surface area contributed by atoms with Crippen LogP contribution in [0.5, 0.6) is 0 Å². The van der Waals surface area contributed by atoms with E-state index in [1.54, 1.807) is 0 Å². The van der Waals surface area contributed by atoms with Gasteiger partial charge in [0.25, 0.3) is 0 Å². The Morgan fingerprint density at radius 3 is 2.20 bits per heavy atom. The van der Waals surface area contributed by atoms with Crippen molar-refractivity contribution in [2.24, 2.45) is 4.99 Å². The van der Waals surface area contributed by atoms with Crippen LogP contribution in [0.1, 0.15) is 101 Å². The second kappa shape index (κ2) is 18.6. The third-order valence-corrected chi connectivity index (χ3v) is 14.4. The Kier molecular flexibility index (Phi) is 11.7.